The van der Waals surface area contributed by atoms with Gasteiger partial charge in [-0.2, -0.15) is 5.10 Å². The largest absolute Gasteiger partial charge is 0.301 e. The number of hydrogen-bond donors (Lipinski definition) is 1. The Hall–Kier alpha value is -1.60. The van der Waals surface area contributed by atoms with Crippen molar-refractivity contribution in [3.8, 4) is 0 Å². The van der Waals surface area contributed by atoms with Crippen molar-refractivity contribution in [1.82, 2.24) is 19.7 Å². The van der Waals surface area contributed by atoms with Crippen molar-refractivity contribution in [3.05, 3.63) is 38.2 Å². The lowest BCUT2D eigenvalue weighted by Gasteiger charge is -2.09. The first-order valence-electron chi connectivity index (χ1n) is 7.78. The molecule has 0 amide bonds. The minimum atomic E-state index is 0.0137. The van der Waals surface area contributed by atoms with E-state index >= 15 is 0 Å². The van der Waals surface area contributed by atoms with Crippen LogP contribution in [0.5, 0.6) is 0 Å². The van der Waals surface area contributed by atoms with Crippen LogP contribution in [0.3, 0.4) is 0 Å². The Morgan fingerprint density at radius 2 is 2.22 bits per heavy atom. The molecule has 1 aliphatic rings. The van der Waals surface area contributed by atoms with Gasteiger partial charge in [0.15, 0.2) is 5.16 Å². The predicted octanol–water partition coefficient (Wildman–Crippen LogP) is 3.20. The Labute approximate surface area is 142 Å². The molecule has 0 saturated carbocycles. The lowest BCUT2D eigenvalue weighted by molar-refractivity contribution is 0.700. The van der Waals surface area contributed by atoms with Crippen LogP contribution in [0.2, 0.25) is 0 Å². The molecule has 4 rings (SSSR count). The molecule has 0 saturated heterocycles. The van der Waals surface area contributed by atoms with Gasteiger partial charge in [0.25, 0.3) is 5.56 Å². The van der Waals surface area contributed by atoms with Crippen molar-refractivity contribution in [3.63, 3.8) is 0 Å². The summed E-state index contributed by atoms with van der Waals surface area (Å²) in [5, 5.41) is 5.78. The SMILES string of the molecule is Cc1c(CSc2nc3sc4c(c3c(=O)[nH]2)CCCC4)cnn1C. The monoisotopic (exact) mass is 346 g/mol. The molecule has 0 aromatic carbocycles. The number of nitrogens with one attached hydrogen (secondary N) is 1. The Kier molecular flexibility index (Phi) is 3.77. The third-order valence-corrected chi connectivity index (χ3v) is 6.61. The van der Waals surface area contributed by atoms with Gasteiger partial charge in [0.1, 0.15) is 4.83 Å². The first kappa shape index (κ1) is 15.0. The molecule has 1 N–H and O–H groups in total. The highest BCUT2D eigenvalue weighted by Gasteiger charge is 2.19. The smallest absolute Gasteiger partial charge is 0.260 e. The lowest BCUT2D eigenvalue weighted by atomic mass is 9.97. The highest BCUT2D eigenvalue weighted by Crippen LogP contribution is 2.34. The van der Waals surface area contributed by atoms with Crippen LogP contribution in [0.15, 0.2) is 16.1 Å². The van der Waals surface area contributed by atoms with Crippen LogP contribution >= 0.6 is 23.1 Å². The molecule has 0 radical (unpaired) electrons. The number of rotatable bonds is 3. The van der Waals surface area contributed by atoms with Crippen LogP contribution in [0.25, 0.3) is 10.2 Å². The first-order chi connectivity index (χ1) is 11.1. The Balaban J connectivity index is 1.66. The van der Waals surface area contributed by atoms with Crippen LogP contribution in [-0.4, -0.2) is 19.7 Å². The maximum atomic E-state index is 12.5. The maximum absolute atomic E-state index is 12.5. The van der Waals surface area contributed by atoms with E-state index in [2.05, 4.69) is 17.0 Å². The highest BCUT2D eigenvalue weighted by atomic mass is 32.2. The number of aryl methyl sites for hydroxylation is 3. The molecule has 0 atom stereocenters. The van der Waals surface area contributed by atoms with Gasteiger partial charge in [-0.05, 0) is 38.2 Å². The van der Waals surface area contributed by atoms with Gasteiger partial charge in [0, 0.05) is 28.9 Å². The van der Waals surface area contributed by atoms with E-state index in [0.717, 1.165) is 34.5 Å². The molecule has 7 heteroatoms. The van der Waals surface area contributed by atoms with Crippen molar-refractivity contribution >= 4 is 33.3 Å². The molecule has 0 unspecified atom stereocenters. The minimum Gasteiger partial charge on any atom is -0.301 e. The fourth-order valence-corrected chi connectivity index (χ4v) is 5.26. The second kappa shape index (κ2) is 5.79. The van der Waals surface area contributed by atoms with Crippen LogP contribution in [0.4, 0.5) is 0 Å². The topological polar surface area (TPSA) is 63.6 Å². The molecule has 0 bridgehead atoms. The molecular weight excluding hydrogens is 328 g/mol. The summed E-state index contributed by atoms with van der Waals surface area (Å²) in [6, 6.07) is 0. The summed E-state index contributed by atoms with van der Waals surface area (Å²) in [7, 11) is 1.94. The summed E-state index contributed by atoms with van der Waals surface area (Å²) < 4.78 is 1.86. The highest BCUT2D eigenvalue weighted by molar-refractivity contribution is 7.98. The van der Waals surface area contributed by atoms with Crippen LogP contribution in [-0.2, 0) is 25.6 Å². The van der Waals surface area contributed by atoms with Crippen molar-refractivity contribution < 1.29 is 0 Å². The van der Waals surface area contributed by atoms with E-state index in [9.17, 15) is 4.79 Å². The van der Waals surface area contributed by atoms with Crippen LogP contribution < -0.4 is 5.56 Å². The summed E-state index contributed by atoms with van der Waals surface area (Å²) >= 11 is 3.26. The van der Waals surface area contributed by atoms with Crippen molar-refractivity contribution in [2.24, 2.45) is 7.05 Å². The number of thioether (sulfide) groups is 1. The molecule has 0 aliphatic heterocycles. The fourth-order valence-electron chi connectivity index (χ4n) is 3.04. The molecule has 120 valence electrons. The van der Waals surface area contributed by atoms with Crippen molar-refractivity contribution in [1.29, 1.82) is 0 Å². The molecule has 23 heavy (non-hydrogen) atoms. The predicted molar refractivity (Wildman–Crippen MR) is 94.4 cm³/mol. The van der Waals surface area contributed by atoms with E-state index in [1.807, 2.05) is 17.9 Å². The molecule has 1 aliphatic carbocycles. The average Bonchev–Trinajstić information content (AvgIpc) is 3.07. The molecular formula is C16H18N4OS2. The standard InChI is InChI=1S/C16H18N4OS2/c1-9-10(7-17-20(9)2)8-22-16-18-14(21)13-11-5-3-4-6-12(11)23-15(13)19-16/h7H,3-6,8H2,1-2H3,(H,18,19,21). The van der Waals surface area contributed by atoms with Gasteiger partial charge in [-0.1, -0.05) is 11.8 Å². The van der Waals surface area contributed by atoms with Gasteiger partial charge < -0.3 is 4.98 Å². The number of hydrogen-bond acceptors (Lipinski definition) is 5. The van der Waals surface area contributed by atoms with E-state index in [1.54, 1.807) is 23.1 Å². The third-order valence-electron chi connectivity index (χ3n) is 4.50. The van der Waals surface area contributed by atoms with Gasteiger partial charge in [-0.25, -0.2) is 4.98 Å². The number of fused-ring (bicyclic) bond motifs is 3. The summed E-state index contributed by atoms with van der Waals surface area (Å²) in [4.78, 5) is 22.4. The van der Waals surface area contributed by atoms with Crippen LogP contribution in [0, 0.1) is 6.92 Å². The number of nitrogens with zero attached hydrogens (tertiary/aromatic N) is 3. The van der Waals surface area contributed by atoms with E-state index in [1.165, 1.54) is 28.8 Å². The molecule has 5 nitrogen and oxygen atoms in total. The van der Waals surface area contributed by atoms with E-state index < -0.39 is 0 Å². The molecule has 0 spiro atoms. The molecule has 3 aromatic rings. The molecule has 0 fully saturated rings. The average molecular weight is 346 g/mol. The Bertz CT molecular complexity index is 938. The second-order valence-corrected chi connectivity index (χ2v) is 7.98. The quantitative estimate of drug-likeness (QED) is 0.584. The van der Waals surface area contributed by atoms with Gasteiger partial charge in [-0.15, -0.1) is 11.3 Å². The van der Waals surface area contributed by atoms with Crippen molar-refractivity contribution in [2.45, 2.75) is 43.5 Å². The second-order valence-electron chi connectivity index (χ2n) is 5.93. The molecule has 3 aromatic heterocycles. The van der Waals surface area contributed by atoms with E-state index in [-0.39, 0.29) is 5.56 Å². The summed E-state index contributed by atoms with van der Waals surface area (Å²) in [5.74, 6) is 0.763. The van der Waals surface area contributed by atoms with Gasteiger partial charge in [0.05, 0.1) is 11.6 Å². The third kappa shape index (κ3) is 2.61. The Morgan fingerprint density at radius 3 is 3.00 bits per heavy atom. The number of aromatic nitrogens is 4. The normalized spacial score (nSPS) is 14.3. The fraction of sp³-hybridized carbons (Fsp3) is 0.438. The van der Waals surface area contributed by atoms with Crippen LogP contribution in [0.1, 0.15) is 34.5 Å². The maximum Gasteiger partial charge on any atom is 0.260 e. The zero-order chi connectivity index (χ0) is 16.0. The lowest BCUT2D eigenvalue weighted by Crippen LogP contribution is -2.10. The number of thiophene rings is 1. The first-order valence-corrected chi connectivity index (χ1v) is 9.58. The van der Waals surface area contributed by atoms with E-state index in [4.69, 9.17) is 4.98 Å². The van der Waals surface area contributed by atoms with E-state index in [0.29, 0.717) is 5.16 Å². The summed E-state index contributed by atoms with van der Waals surface area (Å²) in [5.41, 5.74) is 3.57. The van der Waals surface area contributed by atoms with Crippen molar-refractivity contribution in [2.75, 3.05) is 0 Å². The summed E-state index contributed by atoms with van der Waals surface area (Å²) in [6.07, 6.45) is 6.38. The number of aromatic amines is 1. The summed E-state index contributed by atoms with van der Waals surface area (Å²) in [6.45, 7) is 2.05. The van der Waals surface area contributed by atoms with Gasteiger partial charge >= 0.3 is 0 Å². The number of H-pyrrole nitrogens is 1. The zero-order valence-corrected chi connectivity index (χ0v) is 14.8. The Morgan fingerprint density at radius 1 is 1.39 bits per heavy atom. The molecule has 3 heterocycles. The van der Waals surface area contributed by atoms with Gasteiger partial charge in [0.2, 0.25) is 0 Å². The van der Waals surface area contributed by atoms with Gasteiger partial charge in [-0.3, -0.25) is 9.48 Å². The zero-order valence-electron chi connectivity index (χ0n) is 13.2. The minimum absolute atomic E-state index is 0.0137.